The number of hydrogen-bond donors (Lipinski definition) is 2. The number of sulfonamides is 1. The largest absolute Gasteiger partial charge is 0.328 e. The molecule has 0 spiro atoms. The van der Waals surface area contributed by atoms with Crippen LogP contribution in [0, 0.1) is 0 Å². The van der Waals surface area contributed by atoms with Gasteiger partial charge in [-0.3, -0.25) is 9.13 Å². The van der Waals surface area contributed by atoms with Gasteiger partial charge in [0.15, 0.2) is 0 Å². The summed E-state index contributed by atoms with van der Waals surface area (Å²) in [5.74, 6) is 0. The Morgan fingerprint density at radius 2 is 1.87 bits per heavy atom. The van der Waals surface area contributed by atoms with Crippen molar-refractivity contribution in [1.29, 1.82) is 0 Å². The predicted octanol–water partition coefficient (Wildman–Crippen LogP) is 0.701. The van der Waals surface area contributed by atoms with E-state index < -0.39 is 10.0 Å². The average molecular weight is 426 g/mol. The number of rotatable bonds is 3. The molecule has 0 bridgehead atoms. The second kappa shape index (κ2) is 6.56. The van der Waals surface area contributed by atoms with Crippen LogP contribution in [0.5, 0.6) is 0 Å². The topological polar surface area (TPSA) is 85.1 Å². The van der Waals surface area contributed by atoms with E-state index in [4.69, 9.17) is 0 Å². The number of nitrogens with one attached hydrogen (secondary N) is 2. The summed E-state index contributed by atoms with van der Waals surface area (Å²) in [6.07, 6.45) is 0.767. The maximum Gasteiger partial charge on any atom is 0.328 e. The number of benzene rings is 1. The highest BCUT2D eigenvalue weighted by atomic mass is 79.9. The van der Waals surface area contributed by atoms with E-state index in [1.54, 1.807) is 20.2 Å². The molecular weight excluding hydrogens is 408 g/mol. The quantitative estimate of drug-likeness (QED) is 0.758. The van der Waals surface area contributed by atoms with Gasteiger partial charge in [0, 0.05) is 31.2 Å². The fourth-order valence-corrected chi connectivity index (χ4v) is 5.06. The Morgan fingerprint density at radius 1 is 1.26 bits per heavy atom. The molecule has 2 N–H and O–H groups in total. The summed E-state index contributed by atoms with van der Waals surface area (Å²) >= 11 is 3.31. The second-order valence-electron chi connectivity index (χ2n) is 5.48. The van der Waals surface area contributed by atoms with Crippen molar-refractivity contribution in [3.8, 4) is 0 Å². The zero-order chi connectivity index (χ0) is 16.1. The molecule has 1 aliphatic heterocycles. The Morgan fingerprint density at radius 3 is 2.43 bits per heavy atom. The van der Waals surface area contributed by atoms with Gasteiger partial charge in [-0.25, -0.2) is 17.9 Å². The number of aryl methyl sites for hydroxylation is 2. The Balaban J connectivity index is 0.00000192. The highest BCUT2D eigenvalue weighted by Gasteiger charge is 2.25. The van der Waals surface area contributed by atoms with Crippen LogP contribution in [0.3, 0.4) is 0 Å². The Hall–Kier alpha value is -0.870. The second-order valence-corrected chi connectivity index (χ2v) is 8.02. The van der Waals surface area contributed by atoms with Crippen molar-refractivity contribution < 1.29 is 8.42 Å². The maximum atomic E-state index is 12.6. The standard InChI is InChI=1S/C13H17BrN4O3S.ClH/c1-17-10-5-9(14)12(6-11(10)18(2)13(17)19)22(20,21)16-8-3-4-15-7-8;/h5-6,8,15-16H,3-4,7H2,1-2H3;1H. The minimum atomic E-state index is -3.65. The summed E-state index contributed by atoms with van der Waals surface area (Å²) in [4.78, 5) is 12.1. The molecule has 0 radical (unpaired) electrons. The molecule has 1 aromatic heterocycles. The van der Waals surface area contributed by atoms with Crippen LogP contribution >= 0.6 is 28.3 Å². The van der Waals surface area contributed by atoms with Gasteiger partial charge in [-0.15, -0.1) is 12.4 Å². The molecule has 2 aromatic rings. The highest BCUT2D eigenvalue weighted by Crippen LogP contribution is 2.27. The third-order valence-electron chi connectivity index (χ3n) is 4.00. The molecule has 0 aliphatic carbocycles. The predicted molar refractivity (Wildman–Crippen MR) is 94.7 cm³/mol. The average Bonchev–Trinajstić information content (AvgIpc) is 3.02. The van der Waals surface area contributed by atoms with E-state index in [2.05, 4.69) is 26.0 Å². The molecule has 1 fully saturated rings. The first-order valence-electron chi connectivity index (χ1n) is 6.89. The van der Waals surface area contributed by atoms with E-state index in [1.807, 2.05) is 0 Å². The number of halogens is 2. The van der Waals surface area contributed by atoms with E-state index in [1.165, 1.54) is 15.2 Å². The molecule has 2 heterocycles. The molecule has 1 saturated heterocycles. The smallest absolute Gasteiger partial charge is 0.315 e. The Bertz CT molecular complexity index is 900. The minimum absolute atomic E-state index is 0. The lowest BCUT2D eigenvalue weighted by Gasteiger charge is -2.13. The van der Waals surface area contributed by atoms with E-state index in [0.717, 1.165) is 13.0 Å². The molecule has 3 rings (SSSR count). The van der Waals surface area contributed by atoms with Gasteiger partial charge in [-0.1, -0.05) is 0 Å². The zero-order valence-corrected chi connectivity index (χ0v) is 15.9. The van der Waals surface area contributed by atoms with E-state index >= 15 is 0 Å². The SMILES string of the molecule is Cl.Cn1c(=O)n(C)c2cc(S(=O)(=O)NC3CCNC3)c(Br)cc21. The molecule has 23 heavy (non-hydrogen) atoms. The summed E-state index contributed by atoms with van der Waals surface area (Å²) in [6, 6.07) is 3.09. The summed E-state index contributed by atoms with van der Waals surface area (Å²) in [7, 11) is -0.359. The third-order valence-corrected chi connectivity index (χ3v) is 6.48. The molecule has 1 unspecified atom stereocenters. The van der Waals surface area contributed by atoms with Crippen molar-refractivity contribution in [3.05, 3.63) is 27.1 Å². The van der Waals surface area contributed by atoms with Crippen LogP contribution in [0.1, 0.15) is 6.42 Å². The number of hydrogen-bond acceptors (Lipinski definition) is 4. The molecule has 1 aromatic carbocycles. The van der Waals surface area contributed by atoms with Crippen molar-refractivity contribution in [2.75, 3.05) is 13.1 Å². The molecule has 128 valence electrons. The number of imidazole rings is 1. The van der Waals surface area contributed by atoms with Crippen molar-refractivity contribution in [3.63, 3.8) is 0 Å². The Kier molecular flexibility index (Phi) is 5.27. The van der Waals surface area contributed by atoms with Crippen molar-refractivity contribution in [2.45, 2.75) is 17.4 Å². The van der Waals surface area contributed by atoms with Gasteiger partial charge in [0.1, 0.15) is 0 Å². The van der Waals surface area contributed by atoms with Gasteiger partial charge < -0.3 is 5.32 Å². The zero-order valence-electron chi connectivity index (χ0n) is 12.7. The minimum Gasteiger partial charge on any atom is -0.315 e. The summed E-state index contributed by atoms with van der Waals surface area (Å²) in [5, 5.41) is 3.12. The van der Waals surface area contributed by atoms with Crippen LogP contribution in [0.2, 0.25) is 0 Å². The van der Waals surface area contributed by atoms with Crippen LogP contribution < -0.4 is 15.7 Å². The molecular formula is C13H18BrClN4O3S. The fourth-order valence-electron chi connectivity index (χ4n) is 2.74. The molecule has 1 aliphatic rings. The van der Waals surface area contributed by atoms with Crippen LogP contribution in [0.4, 0.5) is 0 Å². The molecule has 0 saturated carbocycles. The molecule has 10 heteroatoms. The molecule has 1 atom stereocenters. The Labute approximate surface area is 148 Å². The lowest BCUT2D eigenvalue weighted by molar-refractivity contribution is 0.560. The van der Waals surface area contributed by atoms with Crippen molar-refractivity contribution >= 4 is 49.4 Å². The maximum absolute atomic E-state index is 12.6. The monoisotopic (exact) mass is 424 g/mol. The highest BCUT2D eigenvalue weighted by molar-refractivity contribution is 9.10. The third kappa shape index (κ3) is 3.20. The first-order chi connectivity index (χ1) is 10.3. The number of aromatic nitrogens is 2. The summed E-state index contributed by atoms with van der Waals surface area (Å²) < 4.78 is 31.3. The fraction of sp³-hybridized carbons (Fsp3) is 0.462. The van der Waals surface area contributed by atoms with Crippen LogP contribution in [0.25, 0.3) is 11.0 Å². The van der Waals surface area contributed by atoms with Crippen LogP contribution in [-0.2, 0) is 24.1 Å². The van der Waals surface area contributed by atoms with Crippen molar-refractivity contribution in [2.24, 2.45) is 14.1 Å². The number of nitrogens with zero attached hydrogens (tertiary/aromatic N) is 2. The van der Waals surface area contributed by atoms with Crippen LogP contribution in [-0.4, -0.2) is 36.7 Å². The van der Waals surface area contributed by atoms with E-state index in [0.29, 0.717) is 22.1 Å². The molecule has 0 amide bonds. The lowest BCUT2D eigenvalue weighted by atomic mass is 10.3. The van der Waals surface area contributed by atoms with E-state index in [9.17, 15) is 13.2 Å². The first kappa shape index (κ1) is 18.5. The lowest BCUT2D eigenvalue weighted by Crippen LogP contribution is -2.36. The van der Waals surface area contributed by atoms with Crippen LogP contribution in [0.15, 0.2) is 26.3 Å². The van der Waals surface area contributed by atoms with Gasteiger partial charge in [-0.05, 0) is 41.0 Å². The number of fused-ring (bicyclic) bond motifs is 1. The van der Waals surface area contributed by atoms with Gasteiger partial charge in [0.25, 0.3) is 0 Å². The van der Waals surface area contributed by atoms with E-state index in [-0.39, 0.29) is 29.0 Å². The summed E-state index contributed by atoms with van der Waals surface area (Å²) in [6.45, 7) is 1.43. The van der Waals surface area contributed by atoms with Gasteiger partial charge in [0.05, 0.1) is 15.9 Å². The van der Waals surface area contributed by atoms with Gasteiger partial charge >= 0.3 is 5.69 Å². The van der Waals surface area contributed by atoms with Gasteiger partial charge in [-0.2, -0.15) is 0 Å². The first-order valence-corrected chi connectivity index (χ1v) is 9.17. The summed E-state index contributed by atoms with van der Waals surface area (Å²) in [5.41, 5.74) is 1.07. The van der Waals surface area contributed by atoms with Crippen molar-refractivity contribution in [1.82, 2.24) is 19.2 Å². The normalized spacial score (nSPS) is 18.3. The molecule has 7 nitrogen and oxygen atoms in total. The van der Waals surface area contributed by atoms with Gasteiger partial charge in [0.2, 0.25) is 10.0 Å².